The zero-order chi connectivity index (χ0) is 15.2. The number of methoxy groups -OCH3 is 1. The van der Waals surface area contributed by atoms with Crippen LogP contribution in [0.15, 0.2) is 34.3 Å². The third-order valence-corrected chi connectivity index (χ3v) is 2.61. The topological polar surface area (TPSA) is 74.5 Å². The largest absolute Gasteiger partial charge is 0.464 e. The molecule has 1 aromatic rings. The standard InChI is InChI=1S/C11H8F3N3O2S/c1-19-10(18)9(6-15)17-16-7-2-4-8(5-3-7)20-11(12,13)14/h2-5,16H,1H3. The summed E-state index contributed by atoms with van der Waals surface area (Å²) < 4.78 is 40.6. The smallest absolute Gasteiger partial charge is 0.446 e. The Labute approximate surface area is 116 Å². The fourth-order valence-electron chi connectivity index (χ4n) is 1.06. The number of nitriles is 1. The molecular formula is C11H8F3N3O2S. The number of rotatable bonds is 4. The van der Waals surface area contributed by atoms with Crippen molar-refractivity contribution in [3.8, 4) is 6.07 Å². The Bertz CT molecular complexity index is 550. The van der Waals surface area contributed by atoms with Crippen molar-refractivity contribution in [1.29, 1.82) is 5.26 Å². The first kappa shape index (κ1) is 15.8. The monoisotopic (exact) mass is 303 g/mol. The minimum atomic E-state index is -4.36. The number of halogens is 3. The molecular weight excluding hydrogens is 295 g/mol. The summed E-state index contributed by atoms with van der Waals surface area (Å²) in [6, 6.07) is 6.67. The lowest BCUT2D eigenvalue weighted by Gasteiger charge is -2.06. The first-order valence-electron chi connectivity index (χ1n) is 5.03. The molecule has 106 valence electrons. The van der Waals surface area contributed by atoms with E-state index in [1.54, 1.807) is 0 Å². The van der Waals surface area contributed by atoms with Gasteiger partial charge in [-0.15, -0.1) is 0 Å². The van der Waals surface area contributed by atoms with Crippen LogP contribution in [0.5, 0.6) is 0 Å². The Morgan fingerprint density at radius 1 is 1.40 bits per heavy atom. The predicted octanol–water partition coefficient (Wildman–Crippen LogP) is 2.76. The number of nitrogens with one attached hydrogen (secondary N) is 1. The highest BCUT2D eigenvalue weighted by molar-refractivity contribution is 8.00. The Morgan fingerprint density at radius 3 is 2.45 bits per heavy atom. The number of carbonyl (C=O) groups excluding carboxylic acids is 1. The number of hydrazone groups is 1. The van der Waals surface area contributed by atoms with Crippen molar-refractivity contribution in [2.75, 3.05) is 12.5 Å². The van der Waals surface area contributed by atoms with Crippen LogP contribution in [0.4, 0.5) is 18.9 Å². The van der Waals surface area contributed by atoms with Crippen LogP contribution in [0, 0.1) is 11.3 Å². The van der Waals surface area contributed by atoms with Crippen molar-refractivity contribution >= 4 is 29.1 Å². The van der Waals surface area contributed by atoms with Gasteiger partial charge in [-0.1, -0.05) is 0 Å². The number of esters is 1. The highest BCUT2D eigenvalue weighted by Gasteiger charge is 2.28. The van der Waals surface area contributed by atoms with Crippen molar-refractivity contribution in [2.24, 2.45) is 5.10 Å². The van der Waals surface area contributed by atoms with Gasteiger partial charge in [0.05, 0.1) is 12.8 Å². The molecule has 0 aliphatic carbocycles. The van der Waals surface area contributed by atoms with E-state index in [4.69, 9.17) is 5.26 Å². The Hall–Kier alpha value is -2.21. The second kappa shape index (κ2) is 6.81. The van der Waals surface area contributed by atoms with Gasteiger partial charge in [0.2, 0.25) is 5.71 Å². The molecule has 0 aliphatic rings. The van der Waals surface area contributed by atoms with Crippen molar-refractivity contribution in [3.63, 3.8) is 0 Å². The van der Waals surface area contributed by atoms with Crippen LogP contribution in [-0.2, 0) is 9.53 Å². The Kier molecular flexibility index (Phi) is 5.40. The summed E-state index contributed by atoms with van der Waals surface area (Å²) in [5, 5.41) is 12.1. The summed E-state index contributed by atoms with van der Waals surface area (Å²) in [6.07, 6.45) is 0. The summed E-state index contributed by atoms with van der Waals surface area (Å²) >= 11 is -0.243. The van der Waals surface area contributed by atoms with Gasteiger partial charge in [0.1, 0.15) is 6.07 Å². The first-order valence-corrected chi connectivity index (χ1v) is 5.85. The molecule has 0 saturated carbocycles. The molecule has 0 atom stereocenters. The fourth-order valence-corrected chi connectivity index (χ4v) is 1.60. The van der Waals surface area contributed by atoms with E-state index in [1.807, 2.05) is 0 Å². The molecule has 1 rings (SSSR count). The van der Waals surface area contributed by atoms with Crippen LogP contribution in [0.25, 0.3) is 0 Å². The molecule has 0 saturated heterocycles. The lowest BCUT2D eigenvalue weighted by molar-refractivity contribution is -0.132. The molecule has 0 amide bonds. The van der Waals surface area contributed by atoms with Crippen molar-refractivity contribution in [2.45, 2.75) is 10.4 Å². The van der Waals surface area contributed by atoms with E-state index >= 15 is 0 Å². The second-order valence-corrected chi connectivity index (χ2v) is 4.39. The number of thioether (sulfide) groups is 1. The highest BCUT2D eigenvalue weighted by atomic mass is 32.2. The minimum Gasteiger partial charge on any atom is -0.464 e. The molecule has 0 spiro atoms. The average molecular weight is 303 g/mol. The van der Waals surface area contributed by atoms with E-state index in [2.05, 4.69) is 15.3 Å². The van der Waals surface area contributed by atoms with E-state index in [1.165, 1.54) is 30.3 Å². The van der Waals surface area contributed by atoms with Gasteiger partial charge in [-0.05, 0) is 36.0 Å². The van der Waals surface area contributed by atoms with Gasteiger partial charge in [-0.3, -0.25) is 5.43 Å². The van der Waals surface area contributed by atoms with E-state index < -0.39 is 17.2 Å². The Balaban J connectivity index is 2.73. The van der Waals surface area contributed by atoms with Gasteiger partial charge in [-0.2, -0.15) is 23.5 Å². The van der Waals surface area contributed by atoms with Gasteiger partial charge < -0.3 is 4.74 Å². The molecule has 20 heavy (non-hydrogen) atoms. The number of hydrogen-bond donors (Lipinski definition) is 1. The van der Waals surface area contributed by atoms with Crippen molar-refractivity contribution in [1.82, 2.24) is 0 Å². The molecule has 1 aromatic carbocycles. The molecule has 9 heteroatoms. The molecule has 0 fully saturated rings. The minimum absolute atomic E-state index is 0.0144. The normalized spacial score (nSPS) is 11.7. The van der Waals surface area contributed by atoms with Gasteiger partial charge in [0.15, 0.2) is 0 Å². The Morgan fingerprint density at radius 2 is 2.00 bits per heavy atom. The van der Waals surface area contributed by atoms with E-state index in [-0.39, 0.29) is 16.7 Å². The maximum absolute atomic E-state index is 12.1. The molecule has 0 aromatic heterocycles. The van der Waals surface area contributed by atoms with Gasteiger partial charge in [0, 0.05) is 4.90 Å². The number of carbonyl (C=O) groups is 1. The van der Waals surface area contributed by atoms with Crippen LogP contribution >= 0.6 is 11.8 Å². The predicted molar refractivity (Wildman–Crippen MR) is 67.0 cm³/mol. The zero-order valence-electron chi connectivity index (χ0n) is 10.1. The highest BCUT2D eigenvalue weighted by Crippen LogP contribution is 2.36. The fraction of sp³-hybridized carbons (Fsp3) is 0.182. The van der Waals surface area contributed by atoms with E-state index in [0.717, 1.165) is 7.11 Å². The first-order chi connectivity index (χ1) is 9.35. The number of benzene rings is 1. The summed E-state index contributed by atoms with van der Waals surface area (Å²) in [4.78, 5) is 11.0. The van der Waals surface area contributed by atoms with Crippen molar-refractivity contribution in [3.05, 3.63) is 24.3 Å². The molecule has 0 aliphatic heterocycles. The quantitative estimate of drug-likeness (QED) is 0.401. The summed E-state index contributed by atoms with van der Waals surface area (Å²) in [5.74, 6) is -0.913. The van der Waals surface area contributed by atoms with Crippen LogP contribution < -0.4 is 5.43 Å². The molecule has 0 unspecified atom stereocenters. The molecule has 1 N–H and O–H groups in total. The SMILES string of the molecule is COC(=O)C(C#N)=NNc1ccc(SC(F)(F)F)cc1. The summed E-state index contributed by atoms with van der Waals surface area (Å²) in [5.41, 5.74) is -2.15. The van der Waals surface area contributed by atoms with E-state index in [9.17, 15) is 18.0 Å². The number of ether oxygens (including phenoxy) is 1. The molecule has 0 radical (unpaired) electrons. The van der Waals surface area contributed by atoms with Gasteiger partial charge in [-0.25, -0.2) is 4.79 Å². The maximum atomic E-state index is 12.1. The molecule has 0 heterocycles. The number of alkyl halides is 3. The molecule has 0 bridgehead atoms. The van der Waals surface area contributed by atoms with Gasteiger partial charge in [0.25, 0.3) is 0 Å². The third kappa shape index (κ3) is 5.19. The maximum Gasteiger partial charge on any atom is 0.446 e. The third-order valence-electron chi connectivity index (χ3n) is 1.87. The molecule has 5 nitrogen and oxygen atoms in total. The van der Waals surface area contributed by atoms with E-state index in [0.29, 0.717) is 5.69 Å². The van der Waals surface area contributed by atoms with Crippen molar-refractivity contribution < 1.29 is 22.7 Å². The lowest BCUT2D eigenvalue weighted by Crippen LogP contribution is -2.15. The van der Waals surface area contributed by atoms with Gasteiger partial charge >= 0.3 is 11.5 Å². The van der Waals surface area contributed by atoms with Crippen LogP contribution in [0.3, 0.4) is 0 Å². The second-order valence-electron chi connectivity index (χ2n) is 3.25. The van der Waals surface area contributed by atoms with Crippen LogP contribution in [-0.4, -0.2) is 24.3 Å². The zero-order valence-corrected chi connectivity index (χ0v) is 10.9. The number of nitrogens with zero attached hydrogens (tertiary/aromatic N) is 2. The summed E-state index contributed by atoms with van der Waals surface area (Å²) in [6.45, 7) is 0. The number of anilines is 1. The number of hydrogen-bond acceptors (Lipinski definition) is 6. The summed E-state index contributed by atoms with van der Waals surface area (Å²) in [7, 11) is 1.10. The van der Waals surface area contributed by atoms with Crippen LogP contribution in [0.1, 0.15) is 0 Å². The average Bonchev–Trinajstić information content (AvgIpc) is 2.39. The van der Waals surface area contributed by atoms with Crippen LogP contribution in [0.2, 0.25) is 0 Å². The lowest BCUT2D eigenvalue weighted by atomic mass is 10.3.